The summed E-state index contributed by atoms with van der Waals surface area (Å²) in [5, 5.41) is 15.5. The second-order valence-corrected chi connectivity index (χ2v) is 7.30. The average Bonchev–Trinajstić information content (AvgIpc) is 3.02. The van der Waals surface area contributed by atoms with Gasteiger partial charge in [0.1, 0.15) is 5.75 Å². The third-order valence-electron chi connectivity index (χ3n) is 4.85. The van der Waals surface area contributed by atoms with Crippen molar-refractivity contribution >= 4 is 62.3 Å². The summed E-state index contributed by atoms with van der Waals surface area (Å²) in [4.78, 5) is 27.9. The second kappa shape index (κ2) is 7.47. The first-order valence-electron chi connectivity index (χ1n) is 8.67. The number of nitro groups is 1. The van der Waals surface area contributed by atoms with Crippen LogP contribution in [0.15, 0.2) is 42.7 Å². The van der Waals surface area contributed by atoms with Crippen molar-refractivity contribution in [1.29, 1.82) is 0 Å². The Kier molecular flexibility index (Phi) is 4.97. The molecule has 0 fully saturated rings. The van der Waals surface area contributed by atoms with Crippen molar-refractivity contribution in [1.82, 2.24) is 9.55 Å². The molecule has 0 aliphatic carbocycles. The molecule has 30 heavy (non-hydrogen) atoms. The van der Waals surface area contributed by atoms with Crippen molar-refractivity contribution in [3.8, 4) is 5.75 Å². The second-order valence-electron chi connectivity index (χ2n) is 6.49. The maximum atomic E-state index is 13.2. The number of rotatable bonds is 4. The van der Waals surface area contributed by atoms with Gasteiger partial charge in [-0.25, -0.2) is 0 Å². The van der Waals surface area contributed by atoms with Crippen LogP contribution in [0.25, 0.3) is 21.8 Å². The van der Waals surface area contributed by atoms with E-state index in [0.717, 1.165) is 0 Å². The quantitative estimate of drug-likeness (QED) is 0.344. The third kappa shape index (κ3) is 3.10. The number of nitrogens with one attached hydrogen (secondary N) is 1. The number of halogens is 2. The molecule has 0 spiro atoms. The van der Waals surface area contributed by atoms with Gasteiger partial charge in [-0.05, 0) is 18.2 Å². The number of ether oxygens (including phenoxy) is 1. The molecule has 4 aromatic rings. The molecule has 0 radical (unpaired) electrons. The summed E-state index contributed by atoms with van der Waals surface area (Å²) >= 11 is 12.2. The Morgan fingerprint density at radius 3 is 2.53 bits per heavy atom. The highest BCUT2D eigenvalue weighted by atomic mass is 35.5. The summed E-state index contributed by atoms with van der Waals surface area (Å²) in [5.41, 5.74) is 1.79. The first-order chi connectivity index (χ1) is 14.3. The van der Waals surface area contributed by atoms with E-state index < -0.39 is 10.8 Å². The molecule has 2 aromatic carbocycles. The highest BCUT2D eigenvalue weighted by Gasteiger charge is 2.22. The van der Waals surface area contributed by atoms with Crippen LogP contribution in [0, 0.1) is 10.1 Å². The van der Waals surface area contributed by atoms with Crippen molar-refractivity contribution in [2.75, 3.05) is 12.4 Å². The number of non-ortho nitro benzene ring substituents is 1. The number of amides is 1. The van der Waals surface area contributed by atoms with E-state index in [9.17, 15) is 14.9 Å². The fourth-order valence-electron chi connectivity index (χ4n) is 3.49. The van der Waals surface area contributed by atoms with Crippen LogP contribution >= 0.6 is 23.2 Å². The number of carbonyl (C=O) groups is 1. The summed E-state index contributed by atoms with van der Waals surface area (Å²) in [6.07, 6.45) is 2.74. The van der Waals surface area contributed by atoms with Gasteiger partial charge in [-0.1, -0.05) is 23.2 Å². The molecule has 8 nitrogen and oxygen atoms in total. The molecule has 2 aromatic heterocycles. The van der Waals surface area contributed by atoms with Gasteiger partial charge in [0.15, 0.2) is 0 Å². The maximum absolute atomic E-state index is 13.2. The number of aromatic nitrogens is 2. The normalized spacial score (nSPS) is 11.1. The van der Waals surface area contributed by atoms with Gasteiger partial charge < -0.3 is 14.6 Å². The molecular weight excluding hydrogens is 431 g/mol. The number of benzene rings is 2. The monoisotopic (exact) mass is 444 g/mol. The van der Waals surface area contributed by atoms with E-state index in [-0.39, 0.29) is 21.4 Å². The fourth-order valence-corrected chi connectivity index (χ4v) is 3.95. The number of methoxy groups -OCH3 is 1. The molecule has 0 unspecified atom stereocenters. The van der Waals surface area contributed by atoms with Crippen LogP contribution in [0.2, 0.25) is 10.0 Å². The fraction of sp³-hybridized carbons (Fsp3) is 0.100. The Balaban J connectivity index is 1.99. The standard InChI is InChI=1S/C20H14Cl2N4O4/c1-25-15-5-3-10(26(28)29)7-12(15)17-11(4-6-16(30-2)19(17)25)20(27)24-18-13(21)8-23-9-14(18)22/h3-9H,1-2H3,(H,23,24,27). The van der Waals surface area contributed by atoms with Gasteiger partial charge in [-0.15, -0.1) is 0 Å². The molecule has 0 saturated carbocycles. The molecule has 0 bridgehead atoms. The first kappa shape index (κ1) is 19.9. The maximum Gasteiger partial charge on any atom is 0.270 e. The van der Waals surface area contributed by atoms with Crippen molar-refractivity contribution in [3.63, 3.8) is 0 Å². The van der Waals surface area contributed by atoms with E-state index in [2.05, 4.69) is 10.3 Å². The van der Waals surface area contributed by atoms with E-state index in [1.165, 1.54) is 31.6 Å². The van der Waals surface area contributed by atoms with Crippen LogP contribution in [0.3, 0.4) is 0 Å². The lowest BCUT2D eigenvalue weighted by molar-refractivity contribution is -0.384. The van der Waals surface area contributed by atoms with E-state index >= 15 is 0 Å². The Hall–Kier alpha value is -3.36. The molecule has 1 amide bonds. The molecule has 2 heterocycles. The minimum Gasteiger partial charge on any atom is -0.495 e. The Morgan fingerprint density at radius 2 is 1.90 bits per heavy atom. The topological polar surface area (TPSA) is 99.3 Å². The average molecular weight is 445 g/mol. The highest BCUT2D eigenvalue weighted by molar-refractivity contribution is 6.40. The Labute approximate surface area is 180 Å². The SMILES string of the molecule is COc1ccc(C(=O)Nc2c(Cl)cncc2Cl)c2c3cc([N+](=O)[O-])ccc3n(C)c12. The number of anilines is 1. The van der Waals surface area contributed by atoms with Crippen LogP contribution in [-0.2, 0) is 7.05 Å². The van der Waals surface area contributed by atoms with E-state index in [1.807, 2.05) is 4.57 Å². The number of pyridine rings is 1. The lowest BCUT2D eigenvalue weighted by Gasteiger charge is -2.11. The summed E-state index contributed by atoms with van der Waals surface area (Å²) in [6, 6.07) is 7.77. The smallest absolute Gasteiger partial charge is 0.270 e. The Bertz CT molecular complexity index is 1330. The first-order valence-corrected chi connectivity index (χ1v) is 9.43. The predicted molar refractivity (Wildman–Crippen MR) is 116 cm³/mol. The van der Waals surface area contributed by atoms with Crippen LogP contribution in [-0.4, -0.2) is 27.5 Å². The lowest BCUT2D eigenvalue weighted by Crippen LogP contribution is -2.13. The molecule has 0 saturated heterocycles. The van der Waals surface area contributed by atoms with Gasteiger partial charge in [-0.3, -0.25) is 19.9 Å². The van der Waals surface area contributed by atoms with Crippen LogP contribution in [0.4, 0.5) is 11.4 Å². The molecule has 10 heteroatoms. The molecule has 0 aliphatic rings. The number of nitro benzene ring substituents is 1. The van der Waals surface area contributed by atoms with Gasteiger partial charge in [-0.2, -0.15) is 0 Å². The molecule has 152 valence electrons. The molecule has 0 atom stereocenters. The molecule has 4 rings (SSSR count). The van der Waals surface area contributed by atoms with Crippen molar-refractivity contribution < 1.29 is 14.5 Å². The van der Waals surface area contributed by atoms with Crippen molar-refractivity contribution in [2.24, 2.45) is 7.05 Å². The van der Waals surface area contributed by atoms with E-state index in [1.54, 1.807) is 25.2 Å². The highest BCUT2D eigenvalue weighted by Crippen LogP contribution is 2.39. The number of carbonyl (C=O) groups excluding carboxylic acids is 1. The zero-order valence-electron chi connectivity index (χ0n) is 15.8. The van der Waals surface area contributed by atoms with Crippen molar-refractivity contribution in [3.05, 3.63) is 68.4 Å². The minimum absolute atomic E-state index is 0.0793. The van der Waals surface area contributed by atoms with Gasteiger partial charge in [0, 0.05) is 53.4 Å². The largest absolute Gasteiger partial charge is 0.495 e. The summed E-state index contributed by atoms with van der Waals surface area (Å²) in [7, 11) is 3.32. The summed E-state index contributed by atoms with van der Waals surface area (Å²) in [5.74, 6) is 0.0551. The van der Waals surface area contributed by atoms with Gasteiger partial charge in [0.05, 0.1) is 33.3 Å². The lowest BCUT2D eigenvalue weighted by atomic mass is 10.0. The minimum atomic E-state index is -0.477. The predicted octanol–water partition coefficient (Wildman–Crippen LogP) is 5.20. The van der Waals surface area contributed by atoms with Gasteiger partial charge in [0.25, 0.3) is 11.6 Å². The third-order valence-corrected chi connectivity index (χ3v) is 5.43. The number of nitrogens with zero attached hydrogens (tertiary/aromatic N) is 3. The van der Waals surface area contributed by atoms with Crippen molar-refractivity contribution in [2.45, 2.75) is 0 Å². The van der Waals surface area contributed by atoms with Gasteiger partial charge in [0.2, 0.25) is 0 Å². The van der Waals surface area contributed by atoms with Crippen LogP contribution in [0.1, 0.15) is 10.4 Å². The molecular formula is C20H14Cl2N4O4. The summed E-state index contributed by atoms with van der Waals surface area (Å²) in [6.45, 7) is 0. The number of aryl methyl sites for hydroxylation is 1. The zero-order valence-corrected chi connectivity index (χ0v) is 17.3. The number of fused-ring (bicyclic) bond motifs is 3. The molecule has 0 aliphatic heterocycles. The summed E-state index contributed by atoms with van der Waals surface area (Å²) < 4.78 is 7.30. The van der Waals surface area contributed by atoms with Crippen LogP contribution < -0.4 is 10.1 Å². The molecule has 1 N–H and O–H groups in total. The van der Waals surface area contributed by atoms with E-state index in [4.69, 9.17) is 27.9 Å². The number of hydrogen-bond donors (Lipinski definition) is 1. The van der Waals surface area contributed by atoms with Gasteiger partial charge >= 0.3 is 0 Å². The Morgan fingerprint density at radius 1 is 1.20 bits per heavy atom. The van der Waals surface area contributed by atoms with E-state index in [0.29, 0.717) is 33.1 Å². The zero-order chi connectivity index (χ0) is 21.6. The number of hydrogen-bond acceptors (Lipinski definition) is 5. The van der Waals surface area contributed by atoms with Crippen LogP contribution in [0.5, 0.6) is 5.75 Å².